The molecule has 2 fully saturated rings. The average Bonchev–Trinajstić information content (AvgIpc) is 3.41. The van der Waals surface area contributed by atoms with Crippen LogP contribution in [0.15, 0.2) is 29.4 Å². The maximum absolute atomic E-state index is 12.5. The molecule has 0 bridgehead atoms. The van der Waals surface area contributed by atoms with E-state index in [0.717, 1.165) is 17.9 Å². The van der Waals surface area contributed by atoms with Crippen molar-refractivity contribution >= 4 is 29.5 Å². The van der Waals surface area contributed by atoms with Crippen LogP contribution in [-0.2, 0) is 14.4 Å². The highest BCUT2D eigenvalue weighted by molar-refractivity contribution is 7.99. The number of nitrogens with one attached hydrogen (secondary N) is 2. The number of likely N-dealkylation sites (tertiary alicyclic amines) is 1. The number of amides is 3. The van der Waals surface area contributed by atoms with Gasteiger partial charge in [-0.2, -0.15) is 0 Å². The zero-order chi connectivity index (χ0) is 18.5. The van der Waals surface area contributed by atoms with E-state index >= 15 is 0 Å². The van der Waals surface area contributed by atoms with Gasteiger partial charge in [0.25, 0.3) is 0 Å². The molecule has 0 unspecified atom stereocenters. The average molecular weight is 376 g/mol. The molecule has 140 valence electrons. The standard InChI is InChI=1S/C18H24N4O3S/c1-2-19-17(24)14-9-13(10-22(14)18(25)12-6-7-12)21-15(23)11-26-16-5-3-4-8-20-16/h3-5,8,12-14H,2,6-7,9-11H2,1H3,(H,19,24)(H,21,23)/t13-,14+/m1/s1. The lowest BCUT2D eigenvalue weighted by Crippen LogP contribution is -2.46. The second-order valence-corrected chi connectivity index (χ2v) is 7.63. The molecule has 3 rings (SSSR count). The maximum Gasteiger partial charge on any atom is 0.242 e. The summed E-state index contributed by atoms with van der Waals surface area (Å²) < 4.78 is 0. The van der Waals surface area contributed by atoms with Crippen molar-refractivity contribution in [3.8, 4) is 0 Å². The van der Waals surface area contributed by atoms with Crippen LogP contribution in [0.5, 0.6) is 0 Å². The smallest absolute Gasteiger partial charge is 0.242 e. The fourth-order valence-electron chi connectivity index (χ4n) is 3.13. The number of carbonyl (C=O) groups is 3. The monoisotopic (exact) mass is 376 g/mol. The van der Waals surface area contributed by atoms with Crippen LogP contribution in [0.4, 0.5) is 0 Å². The summed E-state index contributed by atoms with van der Waals surface area (Å²) in [6.07, 6.45) is 3.95. The Balaban J connectivity index is 1.55. The van der Waals surface area contributed by atoms with Crippen molar-refractivity contribution in [2.24, 2.45) is 5.92 Å². The van der Waals surface area contributed by atoms with Crippen LogP contribution in [0.2, 0.25) is 0 Å². The first-order chi connectivity index (χ1) is 12.6. The molecule has 3 amide bonds. The van der Waals surface area contributed by atoms with Crippen molar-refractivity contribution in [2.75, 3.05) is 18.8 Å². The van der Waals surface area contributed by atoms with Gasteiger partial charge in [-0.05, 0) is 38.3 Å². The highest BCUT2D eigenvalue weighted by Gasteiger charge is 2.44. The zero-order valence-corrected chi connectivity index (χ0v) is 15.6. The van der Waals surface area contributed by atoms with Crippen LogP contribution in [-0.4, -0.2) is 58.5 Å². The van der Waals surface area contributed by atoms with E-state index in [1.807, 2.05) is 25.1 Å². The van der Waals surface area contributed by atoms with Crippen LogP contribution >= 0.6 is 11.8 Å². The Bertz CT molecular complexity index is 666. The molecule has 0 radical (unpaired) electrons. The summed E-state index contributed by atoms with van der Waals surface area (Å²) in [6.45, 7) is 2.78. The van der Waals surface area contributed by atoms with Crippen molar-refractivity contribution in [3.05, 3.63) is 24.4 Å². The quantitative estimate of drug-likeness (QED) is 0.687. The van der Waals surface area contributed by atoms with Crippen LogP contribution < -0.4 is 10.6 Å². The third-order valence-electron chi connectivity index (χ3n) is 4.52. The predicted octanol–water partition coefficient (Wildman–Crippen LogP) is 0.805. The van der Waals surface area contributed by atoms with E-state index in [0.29, 0.717) is 19.5 Å². The molecular weight excluding hydrogens is 352 g/mol. The van der Waals surface area contributed by atoms with Gasteiger partial charge in [-0.15, -0.1) is 0 Å². The second-order valence-electron chi connectivity index (χ2n) is 6.63. The lowest BCUT2D eigenvalue weighted by atomic mass is 10.1. The number of hydrogen-bond donors (Lipinski definition) is 2. The molecule has 2 aliphatic rings. The summed E-state index contributed by atoms with van der Waals surface area (Å²) in [4.78, 5) is 42.9. The van der Waals surface area contributed by atoms with E-state index in [-0.39, 0.29) is 35.4 Å². The predicted molar refractivity (Wildman–Crippen MR) is 98.4 cm³/mol. The molecule has 2 N–H and O–H groups in total. The van der Waals surface area contributed by atoms with E-state index in [1.54, 1.807) is 11.1 Å². The molecule has 1 saturated carbocycles. The lowest BCUT2D eigenvalue weighted by Gasteiger charge is -2.23. The second kappa shape index (κ2) is 8.53. The fourth-order valence-corrected chi connectivity index (χ4v) is 3.80. The molecule has 8 heteroatoms. The molecule has 0 spiro atoms. The number of aromatic nitrogens is 1. The minimum absolute atomic E-state index is 0.0425. The lowest BCUT2D eigenvalue weighted by molar-refractivity contribution is -0.139. The summed E-state index contributed by atoms with van der Waals surface area (Å²) in [7, 11) is 0. The number of pyridine rings is 1. The normalized spacial score (nSPS) is 22.1. The largest absolute Gasteiger partial charge is 0.355 e. The molecule has 0 aromatic carbocycles. The fraction of sp³-hybridized carbons (Fsp3) is 0.556. The van der Waals surface area contributed by atoms with E-state index in [2.05, 4.69) is 15.6 Å². The van der Waals surface area contributed by atoms with Gasteiger partial charge in [0, 0.05) is 31.2 Å². The number of nitrogens with zero attached hydrogens (tertiary/aromatic N) is 2. The molecule has 1 aromatic heterocycles. The third-order valence-corrected chi connectivity index (χ3v) is 5.46. The van der Waals surface area contributed by atoms with Crippen molar-refractivity contribution in [2.45, 2.75) is 43.3 Å². The van der Waals surface area contributed by atoms with Crippen LogP contribution in [0.3, 0.4) is 0 Å². The molecule has 2 heterocycles. The Morgan fingerprint density at radius 2 is 2.12 bits per heavy atom. The summed E-state index contributed by atoms with van der Waals surface area (Å²) in [6, 6.07) is 4.88. The Labute approximate surface area is 157 Å². The number of likely N-dealkylation sites (N-methyl/N-ethyl adjacent to an activating group) is 1. The first-order valence-corrected chi connectivity index (χ1v) is 9.98. The summed E-state index contributed by atoms with van der Waals surface area (Å²) in [5.74, 6) is 0.111. The molecule has 7 nitrogen and oxygen atoms in total. The van der Waals surface area contributed by atoms with Gasteiger partial charge in [-0.1, -0.05) is 17.8 Å². The van der Waals surface area contributed by atoms with Gasteiger partial charge >= 0.3 is 0 Å². The Kier molecular flexibility index (Phi) is 6.13. The van der Waals surface area contributed by atoms with Gasteiger partial charge in [0.1, 0.15) is 6.04 Å². The van der Waals surface area contributed by atoms with Crippen molar-refractivity contribution < 1.29 is 14.4 Å². The Hall–Kier alpha value is -2.09. The summed E-state index contributed by atoms with van der Waals surface area (Å²) in [5, 5.41) is 6.54. The Morgan fingerprint density at radius 3 is 2.77 bits per heavy atom. The van der Waals surface area contributed by atoms with E-state index in [1.165, 1.54) is 11.8 Å². The number of rotatable bonds is 7. The van der Waals surface area contributed by atoms with Crippen molar-refractivity contribution in [1.82, 2.24) is 20.5 Å². The first-order valence-electron chi connectivity index (χ1n) is 9.00. The van der Waals surface area contributed by atoms with E-state index in [4.69, 9.17) is 0 Å². The van der Waals surface area contributed by atoms with Gasteiger partial charge in [-0.3, -0.25) is 14.4 Å². The number of carbonyl (C=O) groups excluding carboxylic acids is 3. The molecule has 1 saturated heterocycles. The minimum atomic E-state index is -0.489. The number of thioether (sulfide) groups is 1. The third kappa shape index (κ3) is 4.75. The molecule has 1 aliphatic carbocycles. The van der Waals surface area contributed by atoms with Crippen LogP contribution in [0.1, 0.15) is 26.2 Å². The van der Waals surface area contributed by atoms with Gasteiger partial charge in [0.05, 0.1) is 10.8 Å². The van der Waals surface area contributed by atoms with Crippen LogP contribution in [0, 0.1) is 5.92 Å². The van der Waals surface area contributed by atoms with Gasteiger partial charge in [0.15, 0.2) is 0 Å². The zero-order valence-electron chi connectivity index (χ0n) is 14.8. The van der Waals surface area contributed by atoms with Gasteiger partial charge < -0.3 is 15.5 Å². The highest BCUT2D eigenvalue weighted by Crippen LogP contribution is 2.33. The molecule has 1 aromatic rings. The van der Waals surface area contributed by atoms with Gasteiger partial charge in [-0.25, -0.2) is 4.98 Å². The van der Waals surface area contributed by atoms with Crippen LogP contribution in [0.25, 0.3) is 0 Å². The van der Waals surface area contributed by atoms with E-state index in [9.17, 15) is 14.4 Å². The van der Waals surface area contributed by atoms with E-state index < -0.39 is 6.04 Å². The Morgan fingerprint density at radius 1 is 1.31 bits per heavy atom. The molecule has 2 atom stereocenters. The highest BCUT2D eigenvalue weighted by atomic mass is 32.2. The molecule has 1 aliphatic heterocycles. The van der Waals surface area contributed by atoms with Crippen molar-refractivity contribution in [1.29, 1.82) is 0 Å². The molecular formula is C18H24N4O3S. The SMILES string of the molecule is CCNC(=O)[C@@H]1C[C@@H](NC(=O)CSc2ccccn2)CN1C(=O)C1CC1. The minimum Gasteiger partial charge on any atom is -0.355 e. The van der Waals surface area contributed by atoms with Gasteiger partial charge in [0.2, 0.25) is 17.7 Å². The topological polar surface area (TPSA) is 91.4 Å². The summed E-state index contributed by atoms with van der Waals surface area (Å²) in [5.41, 5.74) is 0. The molecule has 26 heavy (non-hydrogen) atoms. The first kappa shape index (κ1) is 18.7. The summed E-state index contributed by atoms with van der Waals surface area (Å²) >= 11 is 1.37. The number of hydrogen-bond acceptors (Lipinski definition) is 5. The maximum atomic E-state index is 12.5. The van der Waals surface area contributed by atoms with Crippen molar-refractivity contribution in [3.63, 3.8) is 0 Å².